The molecular formula is C15H21N3O4. The summed E-state index contributed by atoms with van der Waals surface area (Å²) in [6.07, 6.45) is 1.38. The molecule has 2 amide bonds. The zero-order valence-electron chi connectivity index (χ0n) is 13.4. The Balaban J connectivity index is 2.74. The summed E-state index contributed by atoms with van der Waals surface area (Å²) in [7, 11) is 3.03. The van der Waals surface area contributed by atoms with E-state index >= 15 is 0 Å². The van der Waals surface area contributed by atoms with E-state index in [1.165, 1.54) is 20.4 Å². The van der Waals surface area contributed by atoms with Gasteiger partial charge in [-0.15, -0.1) is 0 Å². The van der Waals surface area contributed by atoms with Crippen molar-refractivity contribution in [2.45, 2.75) is 26.3 Å². The average Bonchev–Trinajstić information content (AvgIpc) is 2.44. The number of rotatable bonds is 4. The molecule has 0 fully saturated rings. The van der Waals surface area contributed by atoms with E-state index in [1.54, 1.807) is 39.0 Å². The second-order valence-corrected chi connectivity index (χ2v) is 5.49. The van der Waals surface area contributed by atoms with E-state index in [2.05, 4.69) is 15.8 Å². The number of para-hydroxylation sites is 1. The normalized spacial score (nSPS) is 11.1. The summed E-state index contributed by atoms with van der Waals surface area (Å²) in [4.78, 5) is 23.2. The van der Waals surface area contributed by atoms with Crippen LogP contribution in [0.3, 0.4) is 0 Å². The van der Waals surface area contributed by atoms with Crippen molar-refractivity contribution in [1.82, 2.24) is 10.7 Å². The first-order chi connectivity index (χ1) is 10.3. The van der Waals surface area contributed by atoms with Crippen LogP contribution in [0.25, 0.3) is 0 Å². The minimum Gasteiger partial charge on any atom is -0.493 e. The molecule has 120 valence electrons. The smallest absolute Gasteiger partial charge is 0.329 e. The highest BCUT2D eigenvalue weighted by Gasteiger charge is 2.19. The largest absolute Gasteiger partial charge is 0.493 e. The van der Waals surface area contributed by atoms with Crippen LogP contribution in [0.5, 0.6) is 11.5 Å². The first-order valence-electron chi connectivity index (χ1n) is 6.65. The number of carbonyl (C=O) groups excluding carboxylic acids is 2. The summed E-state index contributed by atoms with van der Waals surface area (Å²) >= 11 is 0. The molecular weight excluding hydrogens is 286 g/mol. The van der Waals surface area contributed by atoms with E-state index in [4.69, 9.17) is 9.47 Å². The number of nitrogens with one attached hydrogen (secondary N) is 2. The third-order valence-corrected chi connectivity index (χ3v) is 2.50. The van der Waals surface area contributed by atoms with Gasteiger partial charge in [0.2, 0.25) is 0 Å². The number of benzene rings is 1. The minimum absolute atomic E-state index is 0.488. The summed E-state index contributed by atoms with van der Waals surface area (Å²) in [5.41, 5.74) is 2.28. The number of nitrogens with zero attached hydrogens (tertiary/aromatic N) is 1. The SMILES string of the molecule is COc1cccc(/C=N\NC(=O)C(=O)NC(C)(C)C)c1OC. The molecule has 0 saturated heterocycles. The van der Waals surface area contributed by atoms with Crippen LogP contribution in [0, 0.1) is 0 Å². The third-order valence-electron chi connectivity index (χ3n) is 2.50. The van der Waals surface area contributed by atoms with Gasteiger partial charge in [0.25, 0.3) is 0 Å². The predicted molar refractivity (Wildman–Crippen MR) is 83.2 cm³/mol. The van der Waals surface area contributed by atoms with Gasteiger partial charge in [-0.1, -0.05) is 6.07 Å². The first kappa shape index (κ1) is 17.5. The lowest BCUT2D eigenvalue weighted by atomic mass is 10.1. The van der Waals surface area contributed by atoms with Crippen molar-refractivity contribution in [2.24, 2.45) is 5.10 Å². The van der Waals surface area contributed by atoms with Crippen LogP contribution < -0.4 is 20.2 Å². The van der Waals surface area contributed by atoms with Crippen LogP contribution in [-0.2, 0) is 9.59 Å². The molecule has 0 saturated carbocycles. The van der Waals surface area contributed by atoms with E-state index in [0.717, 1.165) is 0 Å². The molecule has 0 aliphatic rings. The Hall–Kier alpha value is -2.57. The Labute approximate surface area is 129 Å². The second kappa shape index (κ2) is 7.44. The van der Waals surface area contributed by atoms with Gasteiger partial charge in [0.15, 0.2) is 11.5 Å². The van der Waals surface area contributed by atoms with E-state index in [-0.39, 0.29) is 0 Å². The molecule has 22 heavy (non-hydrogen) atoms. The molecule has 0 atom stereocenters. The van der Waals surface area contributed by atoms with E-state index < -0.39 is 17.4 Å². The topological polar surface area (TPSA) is 89.0 Å². The van der Waals surface area contributed by atoms with Gasteiger partial charge in [-0.3, -0.25) is 9.59 Å². The fourth-order valence-electron chi connectivity index (χ4n) is 1.62. The van der Waals surface area contributed by atoms with Crippen LogP contribution in [0.15, 0.2) is 23.3 Å². The number of carbonyl (C=O) groups is 2. The molecule has 7 nitrogen and oxygen atoms in total. The standard InChI is InChI=1S/C15H21N3O4/c1-15(2,3)17-13(19)14(20)18-16-9-10-7-6-8-11(21-4)12(10)22-5/h6-9H,1-5H3,(H,17,19)(H,18,20)/b16-9-. The molecule has 0 aliphatic carbocycles. The van der Waals surface area contributed by atoms with Crippen molar-refractivity contribution in [1.29, 1.82) is 0 Å². The van der Waals surface area contributed by atoms with Gasteiger partial charge in [-0.05, 0) is 32.9 Å². The molecule has 7 heteroatoms. The van der Waals surface area contributed by atoms with Gasteiger partial charge >= 0.3 is 11.8 Å². The Morgan fingerprint density at radius 3 is 2.36 bits per heavy atom. The van der Waals surface area contributed by atoms with Crippen LogP contribution in [0.1, 0.15) is 26.3 Å². The van der Waals surface area contributed by atoms with Crippen molar-refractivity contribution in [3.05, 3.63) is 23.8 Å². The molecule has 0 spiro atoms. The van der Waals surface area contributed by atoms with Gasteiger partial charge < -0.3 is 14.8 Å². The number of ether oxygens (including phenoxy) is 2. The van der Waals surface area contributed by atoms with Crippen molar-refractivity contribution >= 4 is 18.0 Å². The third kappa shape index (κ3) is 5.08. The average molecular weight is 307 g/mol. The van der Waals surface area contributed by atoms with Crippen LogP contribution in [-0.4, -0.2) is 37.8 Å². The molecule has 0 aromatic heterocycles. The van der Waals surface area contributed by atoms with Crippen LogP contribution in [0.4, 0.5) is 0 Å². The highest BCUT2D eigenvalue weighted by atomic mass is 16.5. The van der Waals surface area contributed by atoms with Crippen LogP contribution >= 0.6 is 0 Å². The summed E-state index contributed by atoms with van der Waals surface area (Å²) in [5, 5.41) is 6.29. The van der Waals surface area contributed by atoms with Gasteiger partial charge in [-0.2, -0.15) is 5.10 Å². The highest BCUT2D eigenvalue weighted by Crippen LogP contribution is 2.29. The Morgan fingerprint density at radius 1 is 1.14 bits per heavy atom. The number of hydrogen-bond donors (Lipinski definition) is 2. The van der Waals surface area contributed by atoms with E-state index in [1.807, 2.05) is 0 Å². The maximum Gasteiger partial charge on any atom is 0.329 e. The van der Waals surface area contributed by atoms with Gasteiger partial charge in [-0.25, -0.2) is 5.43 Å². The lowest BCUT2D eigenvalue weighted by Gasteiger charge is -2.19. The van der Waals surface area contributed by atoms with Gasteiger partial charge in [0.1, 0.15) is 0 Å². The molecule has 0 radical (unpaired) electrons. The second-order valence-electron chi connectivity index (χ2n) is 5.49. The van der Waals surface area contributed by atoms with E-state index in [9.17, 15) is 9.59 Å². The Morgan fingerprint density at radius 2 is 1.82 bits per heavy atom. The summed E-state index contributed by atoms with van der Waals surface area (Å²) in [5.74, 6) is -0.555. The zero-order chi connectivity index (χ0) is 16.8. The predicted octanol–water partition coefficient (Wildman–Crippen LogP) is 1.07. The summed E-state index contributed by atoms with van der Waals surface area (Å²) < 4.78 is 10.4. The van der Waals surface area contributed by atoms with Crippen LogP contribution in [0.2, 0.25) is 0 Å². The molecule has 0 unspecified atom stereocenters. The molecule has 0 bridgehead atoms. The molecule has 1 aromatic carbocycles. The summed E-state index contributed by atoms with van der Waals surface area (Å²) in [6, 6.07) is 5.24. The maximum absolute atomic E-state index is 11.6. The Bertz CT molecular complexity index is 577. The van der Waals surface area contributed by atoms with Crippen molar-refractivity contribution in [2.75, 3.05) is 14.2 Å². The molecule has 1 rings (SSSR count). The Kier molecular flexibility index (Phi) is 5.91. The molecule has 2 N–H and O–H groups in total. The van der Waals surface area contributed by atoms with Gasteiger partial charge in [0.05, 0.1) is 20.4 Å². The number of hydrazone groups is 1. The number of amides is 2. The molecule has 1 aromatic rings. The fraction of sp³-hybridized carbons (Fsp3) is 0.400. The lowest BCUT2D eigenvalue weighted by molar-refractivity contribution is -0.140. The number of methoxy groups -OCH3 is 2. The van der Waals surface area contributed by atoms with Crippen molar-refractivity contribution in [3.63, 3.8) is 0 Å². The lowest BCUT2D eigenvalue weighted by Crippen LogP contribution is -2.47. The molecule has 0 heterocycles. The first-order valence-corrected chi connectivity index (χ1v) is 6.65. The highest BCUT2D eigenvalue weighted by molar-refractivity contribution is 6.35. The minimum atomic E-state index is -0.840. The molecule has 0 aliphatic heterocycles. The quantitative estimate of drug-likeness (QED) is 0.495. The fourth-order valence-corrected chi connectivity index (χ4v) is 1.62. The number of hydrogen-bond acceptors (Lipinski definition) is 5. The van der Waals surface area contributed by atoms with Gasteiger partial charge in [0, 0.05) is 11.1 Å². The summed E-state index contributed by atoms with van der Waals surface area (Å²) in [6.45, 7) is 5.34. The van der Waals surface area contributed by atoms with E-state index in [0.29, 0.717) is 17.1 Å². The van der Waals surface area contributed by atoms with Crippen molar-refractivity contribution < 1.29 is 19.1 Å². The van der Waals surface area contributed by atoms with Crippen molar-refractivity contribution in [3.8, 4) is 11.5 Å². The monoisotopic (exact) mass is 307 g/mol. The maximum atomic E-state index is 11.6. The zero-order valence-corrected chi connectivity index (χ0v) is 13.4.